The topological polar surface area (TPSA) is 67.2 Å². The van der Waals surface area contributed by atoms with Gasteiger partial charge in [-0.3, -0.25) is 9.36 Å². The predicted octanol–water partition coefficient (Wildman–Crippen LogP) is 4.82. The van der Waals surface area contributed by atoms with Gasteiger partial charge in [-0.2, -0.15) is 18.2 Å². The molecule has 0 fully saturated rings. The van der Waals surface area contributed by atoms with E-state index in [2.05, 4.69) is 10.3 Å². The van der Waals surface area contributed by atoms with Crippen molar-refractivity contribution in [3.8, 4) is 0 Å². The number of aromatic nitrogens is 2. The van der Waals surface area contributed by atoms with E-state index in [-0.39, 0.29) is 12.2 Å². The van der Waals surface area contributed by atoms with E-state index < -0.39 is 23.3 Å². The molecule has 1 aromatic heterocycles. The third-order valence-electron chi connectivity index (χ3n) is 5.13. The van der Waals surface area contributed by atoms with Gasteiger partial charge in [0.25, 0.3) is 0 Å². The molecule has 168 valence electrons. The van der Waals surface area contributed by atoms with Crippen LogP contribution in [0.2, 0.25) is 0 Å². The number of alkyl halides is 3. The lowest BCUT2D eigenvalue weighted by molar-refractivity contribution is -0.137. The molecular formula is C24H19F3N4O2. The van der Waals surface area contributed by atoms with E-state index in [1.165, 1.54) is 4.57 Å². The number of carbonyl (C=O) groups excluding carboxylic acids is 1. The van der Waals surface area contributed by atoms with Gasteiger partial charge >= 0.3 is 11.9 Å². The number of carbonyl (C=O) groups is 1. The molecule has 0 radical (unpaired) electrons. The maximum absolute atomic E-state index is 12.9. The highest BCUT2D eigenvalue weighted by Gasteiger charge is 2.30. The molecule has 1 heterocycles. The third-order valence-corrected chi connectivity index (χ3v) is 5.13. The summed E-state index contributed by atoms with van der Waals surface area (Å²) in [5.74, 6) is -0.117. The lowest BCUT2D eigenvalue weighted by Gasteiger charge is -2.21. The Morgan fingerprint density at radius 2 is 1.61 bits per heavy atom. The summed E-state index contributed by atoms with van der Waals surface area (Å²) in [5.41, 5.74) is 0.114. The van der Waals surface area contributed by atoms with Crippen LogP contribution >= 0.6 is 0 Å². The summed E-state index contributed by atoms with van der Waals surface area (Å²) in [7, 11) is 1.80. The fourth-order valence-electron chi connectivity index (χ4n) is 3.48. The van der Waals surface area contributed by atoms with E-state index in [4.69, 9.17) is 0 Å². The number of anilines is 3. The number of amides is 1. The van der Waals surface area contributed by atoms with Crippen molar-refractivity contribution in [1.29, 1.82) is 0 Å². The second-order valence-electron chi connectivity index (χ2n) is 7.34. The SMILES string of the molecule is CN(c1ccccc1)c1nc(=O)n(CC(=O)Nc2ccc(C(F)(F)F)cc2)c2ccccc12. The summed E-state index contributed by atoms with van der Waals surface area (Å²) in [4.78, 5) is 31.4. The Labute approximate surface area is 186 Å². The molecule has 4 rings (SSSR count). The summed E-state index contributed by atoms with van der Waals surface area (Å²) in [5, 5.41) is 3.19. The number of para-hydroxylation sites is 2. The monoisotopic (exact) mass is 452 g/mol. The molecule has 0 aliphatic carbocycles. The highest BCUT2D eigenvalue weighted by molar-refractivity contribution is 5.94. The summed E-state index contributed by atoms with van der Waals surface area (Å²) < 4.78 is 39.4. The molecule has 0 unspecified atom stereocenters. The third kappa shape index (κ3) is 4.72. The van der Waals surface area contributed by atoms with Crippen molar-refractivity contribution in [3.63, 3.8) is 0 Å². The van der Waals surface area contributed by atoms with Crippen LogP contribution in [0.5, 0.6) is 0 Å². The summed E-state index contributed by atoms with van der Waals surface area (Å²) >= 11 is 0. The van der Waals surface area contributed by atoms with Crippen LogP contribution in [0.1, 0.15) is 5.56 Å². The predicted molar refractivity (Wildman–Crippen MR) is 121 cm³/mol. The van der Waals surface area contributed by atoms with Gasteiger partial charge < -0.3 is 10.2 Å². The first kappa shape index (κ1) is 22.1. The van der Waals surface area contributed by atoms with Crippen molar-refractivity contribution >= 4 is 34.0 Å². The van der Waals surface area contributed by atoms with Crippen LogP contribution in [0.15, 0.2) is 83.7 Å². The van der Waals surface area contributed by atoms with Crippen LogP contribution < -0.4 is 15.9 Å². The fraction of sp³-hybridized carbons (Fsp3) is 0.125. The van der Waals surface area contributed by atoms with Gasteiger partial charge in [0.2, 0.25) is 5.91 Å². The quantitative estimate of drug-likeness (QED) is 0.471. The number of fused-ring (bicyclic) bond motifs is 1. The number of nitrogens with one attached hydrogen (secondary N) is 1. The minimum absolute atomic E-state index is 0.193. The van der Waals surface area contributed by atoms with E-state index in [1.54, 1.807) is 30.1 Å². The molecule has 0 aliphatic heterocycles. The van der Waals surface area contributed by atoms with Crippen LogP contribution in [-0.4, -0.2) is 22.5 Å². The minimum Gasteiger partial charge on any atom is -0.329 e. The number of halogens is 3. The van der Waals surface area contributed by atoms with Gasteiger partial charge in [0.05, 0.1) is 11.1 Å². The largest absolute Gasteiger partial charge is 0.416 e. The van der Waals surface area contributed by atoms with Crippen molar-refractivity contribution in [2.24, 2.45) is 0 Å². The number of rotatable bonds is 5. The highest BCUT2D eigenvalue weighted by Crippen LogP contribution is 2.30. The average Bonchev–Trinajstić information content (AvgIpc) is 2.80. The molecule has 0 bridgehead atoms. The van der Waals surface area contributed by atoms with Crippen LogP contribution in [0.3, 0.4) is 0 Å². The van der Waals surface area contributed by atoms with Crippen molar-refractivity contribution in [2.45, 2.75) is 12.7 Å². The molecule has 1 N–H and O–H groups in total. The van der Waals surface area contributed by atoms with Crippen molar-refractivity contribution in [1.82, 2.24) is 9.55 Å². The van der Waals surface area contributed by atoms with Gasteiger partial charge in [-0.15, -0.1) is 0 Å². The Kier molecular flexibility index (Phi) is 5.87. The molecular weight excluding hydrogens is 433 g/mol. The van der Waals surface area contributed by atoms with Crippen LogP contribution in [0.25, 0.3) is 10.9 Å². The zero-order valence-electron chi connectivity index (χ0n) is 17.5. The molecule has 1 amide bonds. The Balaban J connectivity index is 1.63. The minimum atomic E-state index is -4.46. The fourth-order valence-corrected chi connectivity index (χ4v) is 3.48. The maximum Gasteiger partial charge on any atom is 0.416 e. The van der Waals surface area contributed by atoms with Gasteiger partial charge in [0, 0.05) is 23.8 Å². The molecule has 0 saturated heterocycles. The lowest BCUT2D eigenvalue weighted by atomic mass is 10.2. The number of nitrogens with zero attached hydrogens (tertiary/aromatic N) is 3. The zero-order chi connectivity index (χ0) is 23.6. The smallest absolute Gasteiger partial charge is 0.329 e. The molecule has 0 saturated carbocycles. The Morgan fingerprint density at radius 3 is 2.27 bits per heavy atom. The van der Waals surface area contributed by atoms with Crippen LogP contribution in [0.4, 0.5) is 30.4 Å². The number of hydrogen-bond donors (Lipinski definition) is 1. The zero-order valence-corrected chi connectivity index (χ0v) is 17.5. The van der Waals surface area contributed by atoms with E-state index in [0.717, 1.165) is 30.0 Å². The standard InChI is InChI=1S/C24H19F3N4O2/c1-30(18-7-3-2-4-8-18)22-19-9-5-6-10-20(19)31(23(33)29-22)15-21(32)28-17-13-11-16(12-14-17)24(25,26)27/h2-14H,15H2,1H3,(H,28,32). The van der Waals surface area contributed by atoms with Crippen LogP contribution in [-0.2, 0) is 17.5 Å². The molecule has 4 aromatic rings. The number of benzene rings is 3. The first-order valence-electron chi connectivity index (χ1n) is 9.99. The second kappa shape index (κ2) is 8.78. The van der Waals surface area contributed by atoms with E-state index in [1.807, 2.05) is 36.4 Å². The van der Waals surface area contributed by atoms with Gasteiger partial charge in [0.1, 0.15) is 12.4 Å². The maximum atomic E-state index is 12.9. The molecule has 0 spiro atoms. The first-order valence-corrected chi connectivity index (χ1v) is 9.99. The first-order chi connectivity index (χ1) is 15.7. The molecule has 33 heavy (non-hydrogen) atoms. The average molecular weight is 452 g/mol. The Hall–Kier alpha value is -4.14. The lowest BCUT2D eigenvalue weighted by Crippen LogP contribution is -2.31. The van der Waals surface area contributed by atoms with Gasteiger partial charge in [0.15, 0.2) is 0 Å². The molecule has 0 aliphatic rings. The molecule has 0 atom stereocenters. The number of hydrogen-bond acceptors (Lipinski definition) is 4. The van der Waals surface area contributed by atoms with Crippen LogP contribution in [0, 0.1) is 0 Å². The van der Waals surface area contributed by atoms with Gasteiger partial charge in [-0.1, -0.05) is 30.3 Å². The Morgan fingerprint density at radius 1 is 0.970 bits per heavy atom. The van der Waals surface area contributed by atoms with E-state index in [0.29, 0.717) is 16.7 Å². The molecule has 9 heteroatoms. The van der Waals surface area contributed by atoms with Gasteiger partial charge in [-0.05, 0) is 48.5 Å². The highest BCUT2D eigenvalue weighted by atomic mass is 19.4. The Bertz CT molecular complexity index is 1350. The van der Waals surface area contributed by atoms with Crippen molar-refractivity contribution in [3.05, 3.63) is 94.9 Å². The summed E-state index contributed by atoms with van der Waals surface area (Å²) in [6.45, 7) is -0.345. The summed E-state index contributed by atoms with van der Waals surface area (Å²) in [6.07, 6.45) is -4.46. The normalized spacial score (nSPS) is 11.4. The summed E-state index contributed by atoms with van der Waals surface area (Å²) in [6, 6.07) is 20.6. The van der Waals surface area contributed by atoms with E-state index in [9.17, 15) is 22.8 Å². The van der Waals surface area contributed by atoms with Crippen molar-refractivity contribution in [2.75, 3.05) is 17.3 Å². The van der Waals surface area contributed by atoms with Gasteiger partial charge in [-0.25, -0.2) is 4.79 Å². The second-order valence-corrected chi connectivity index (χ2v) is 7.34. The molecule has 6 nitrogen and oxygen atoms in total. The van der Waals surface area contributed by atoms with Crippen molar-refractivity contribution < 1.29 is 18.0 Å². The van der Waals surface area contributed by atoms with E-state index >= 15 is 0 Å². The molecule has 3 aromatic carbocycles.